The molecule has 2 N–H and O–H groups in total. The van der Waals surface area contributed by atoms with Gasteiger partial charge >= 0.3 is 5.97 Å². The number of nitrogens with two attached hydrogens (primary N) is 1. The standard InChI is InChI=1S/C13H16ClNO3/c1-17-13(16)10-6-8(15)7-11(14)12(10)18-9-4-2-3-5-9/h6-7,9H,2-5,15H2,1H3. The van der Waals surface area contributed by atoms with E-state index in [2.05, 4.69) is 0 Å². The van der Waals surface area contributed by atoms with E-state index >= 15 is 0 Å². The van der Waals surface area contributed by atoms with Crippen molar-refractivity contribution in [1.82, 2.24) is 0 Å². The maximum Gasteiger partial charge on any atom is 0.341 e. The van der Waals surface area contributed by atoms with E-state index in [1.807, 2.05) is 0 Å². The van der Waals surface area contributed by atoms with Gasteiger partial charge in [-0.15, -0.1) is 0 Å². The van der Waals surface area contributed by atoms with Crippen LogP contribution in [0.15, 0.2) is 12.1 Å². The maximum absolute atomic E-state index is 11.7. The van der Waals surface area contributed by atoms with E-state index < -0.39 is 5.97 Å². The second kappa shape index (κ2) is 5.48. The number of hydrogen-bond acceptors (Lipinski definition) is 4. The largest absolute Gasteiger partial charge is 0.488 e. The Kier molecular flexibility index (Phi) is 3.97. The Hall–Kier alpha value is -1.42. The highest BCUT2D eigenvalue weighted by molar-refractivity contribution is 6.33. The third kappa shape index (κ3) is 2.70. The minimum atomic E-state index is -0.489. The Balaban J connectivity index is 2.33. The molecule has 0 heterocycles. The minimum absolute atomic E-state index is 0.120. The smallest absolute Gasteiger partial charge is 0.341 e. The van der Waals surface area contributed by atoms with Crippen LogP contribution in [0, 0.1) is 0 Å². The second-order valence-electron chi connectivity index (χ2n) is 4.40. The quantitative estimate of drug-likeness (QED) is 0.677. The molecule has 18 heavy (non-hydrogen) atoms. The number of ether oxygens (including phenoxy) is 2. The van der Waals surface area contributed by atoms with Gasteiger partial charge in [0.1, 0.15) is 5.56 Å². The van der Waals surface area contributed by atoms with Crippen LogP contribution in [0.25, 0.3) is 0 Å². The number of methoxy groups -OCH3 is 1. The van der Waals surface area contributed by atoms with Gasteiger partial charge in [-0.1, -0.05) is 11.6 Å². The van der Waals surface area contributed by atoms with Gasteiger partial charge < -0.3 is 15.2 Å². The molecule has 0 bridgehead atoms. The summed E-state index contributed by atoms with van der Waals surface area (Å²) in [6, 6.07) is 3.11. The zero-order valence-corrected chi connectivity index (χ0v) is 11.0. The van der Waals surface area contributed by atoms with Crippen molar-refractivity contribution >= 4 is 23.3 Å². The predicted molar refractivity (Wildman–Crippen MR) is 70.1 cm³/mol. The summed E-state index contributed by atoms with van der Waals surface area (Å²) in [5, 5.41) is 0.349. The molecule has 4 nitrogen and oxygen atoms in total. The number of carbonyl (C=O) groups is 1. The fourth-order valence-corrected chi connectivity index (χ4v) is 2.44. The fourth-order valence-electron chi connectivity index (χ4n) is 2.17. The molecule has 2 rings (SSSR count). The molecule has 0 aliphatic heterocycles. The Bertz CT molecular complexity index is 456. The van der Waals surface area contributed by atoms with Crippen molar-refractivity contribution in [3.63, 3.8) is 0 Å². The summed E-state index contributed by atoms with van der Waals surface area (Å²) >= 11 is 6.10. The molecule has 5 heteroatoms. The zero-order valence-electron chi connectivity index (χ0n) is 10.2. The summed E-state index contributed by atoms with van der Waals surface area (Å²) < 4.78 is 10.5. The molecule has 0 saturated heterocycles. The molecule has 1 aromatic carbocycles. The van der Waals surface area contributed by atoms with Gasteiger partial charge in [0.2, 0.25) is 0 Å². The highest BCUT2D eigenvalue weighted by atomic mass is 35.5. The third-order valence-corrected chi connectivity index (χ3v) is 3.34. The highest BCUT2D eigenvalue weighted by Gasteiger charge is 2.23. The molecule has 1 fully saturated rings. The SMILES string of the molecule is COC(=O)c1cc(N)cc(Cl)c1OC1CCCC1. The van der Waals surface area contributed by atoms with E-state index in [9.17, 15) is 4.79 Å². The van der Waals surface area contributed by atoms with Crippen LogP contribution in [-0.4, -0.2) is 19.2 Å². The molecule has 1 aliphatic carbocycles. The Labute approximate surface area is 111 Å². The van der Waals surface area contributed by atoms with Gasteiger partial charge in [0, 0.05) is 5.69 Å². The van der Waals surface area contributed by atoms with Crippen molar-refractivity contribution in [2.45, 2.75) is 31.8 Å². The molecule has 1 saturated carbocycles. The van der Waals surface area contributed by atoms with E-state index in [0.717, 1.165) is 25.7 Å². The molecular formula is C13H16ClNO3. The monoisotopic (exact) mass is 269 g/mol. The Morgan fingerprint density at radius 1 is 1.39 bits per heavy atom. The molecule has 98 valence electrons. The van der Waals surface area contributed by atoms with Crippen molar-refractivity contribution in [2.75, 3.05) is 12.8 Å². The second-order valence-corrected chi connectivity index (χ2v) is 4.80. The van der Waals surface area contributed by atoms with Crippen molar-refractivity contribution < 1.29 is 14.3 Å². The number of anilines is 1. The molecule has 1 aromatic rings. The van der Waals surface area contributed by atoms with Crippen LogP contribution in [0.3, 0.4) is 0 Å². The summed E-state index contributed by atoms with van der Waals surface area (Å²) in [6.45, 7) is 0. The molecule has 1 aliphatic rings. The van der Waals surface area contributed by atoms with Crippen molar-refractivity contribution in [3.8, 4) is 5.75 Å². The van der Waals surface area contributed by atoms with Gasteiger partial charge in [-0.3, -0.25) is 0 Å². The normalized spacial score (nSPS) is 15.7. The van der Waals surface area contributed by atoms with E-state index in [0.29, 0.717) is 16.5 Å². The maximum atomic E-state index is 11.7. The van der Waals surface area contributed by atoms with Gasteiger partial charge in [0.25, 0.3) is 0 Å². The van der Waals surface area contributed by atoms with E-state index in [1.165, 1.54) is 13.2 Å². The fraction of sp³-hybridized carbons (Fsp3) is 0.462. The predicted octanol–water partition coefficient (Wildman–Crippen LogP) is 3.03. The number of esters is 1. The van der Waals surface area contributed by atoms with E-state index in [4.69, 9.17) is 26.8 Å². The van der Waals surface area contributed by atoms with Crippen LogP contribution in [0.1, 0.15) is 36.0 Å². The summed E-state index contributed by atoms with van der Waals surface area (Å²) in [5.41, 5.74) is 6.38. The van der Waals surface area contributed by atoms with Gasteiger partial charge in [-0.2, -0.15) is 0 Å². The number of carbonyl (C=O) groups excluding carboxylic acids is 1. The summed E-state index contributed by atoms with van der Waals surface area (Å²) in [5.74, 6) is -0.109. The first-order valence-electron chi connectivity index (χ1n) is 5.96. The third-order valence-electron chi connectivity index (χ3n) is 3.06. The zero-order chi connectivity index (χ0) is 13.1. The van der Waals surface area contributed by atoms with Gasteiger partial charge in [0.15, 0.2) is 5.75 Å². The summed E-state index contributed by atoms with van der Waals surface area (Å²) in [7, 11) is 1.32. The van der Waals surface area contributed by atoms with Crippen LogP contribution in [0.2, 0.25) is 5.02 Å². The van der Waals surface area contributed by atoms with Crippen LogP contribution in [0.4, 0.5) is 5.69 Å². The van der Waals surface area contributed by atoms with Crippen LogP contribution in [0.5, 0.6) is 5.75 Å². The first-order valence-corrected chi connectivity index (χ1v) is 6.33. The minimum Gasteiger partial charge on any atom is -0.488 e. The first kappa shape index (κ1) is 13.0. The molecule has 0 atom stereocenters. The molecular weight excluding hydrogens is 254 g/mol. The number of benzene rings is 1. The average Bonchev–Trinajstić information content (AvgIpc) is 2.84. The van der Waals surface area contributed by atoms with Gasteiger partial charge in [-0.25, -0.2) is 4.79 Å². The number of rotatable bonds is 3. The van der Waals surface area contributed by atoms with Crippen molar-refractivity contribution in [3.05, 3.63) is 22.7 Å². The molecule has 0 spiro atoms. The lowest BCUT2D eigenvalue weighted by Gasteiger charge is -2.17. The molecule has 0 unspecified atom stereocenters. The van der Waals surface area contributed by atoms with E-state index in [1.54, 1.807) is 6.07 Å². The Morgan fingerprint density at radius 3 is 2.67 bits per heavy atom. The summed E-state index contributed by atoms with van der Waals surface area (Å²) in [6.07, 6.45) is 4.38. The van der Waals surface area contributed by atoms with Crippen LogP contribution < -0.4 is 10.5 Å². The Morgan fingerprint density at radius 2 is 2.06 bits per heavy atom. The molecule has 0 amide bonds. The number of halogens is 1. The van der Waals surface area contributed by atoms with Crippen molar-refractivity contribution in [2.24, 2.45) is 0 Å². The molecule has 0 radical (unpaired) electrons. The topological polar surface area (TPSA) is 61.5 Å². The summed E-state index contributed by atoms with van der Waals surface area (Å²) in [4.78, 5) is 11.7. The van der Waals surface area contributed by atoms with Crippen molar-refractivity contribution in [1.29, 1.82) is 0 Å². The lowest BCUT2D eigenvalue weighted by Crippen LogP contribution is -2.15. The van der Waals surface area contributed by atoms with Gasteiger partial charge in [0.05, 0.1) is 18.2 Å². The average molecular weight is 270 g/mol. The lowest BCUT2D eigenvalue weighted by molar-refractivity contribution is 0.0593. The van der Waals surface area contributed by atoms with Crippen LogP contribution >= 0.6 is 11.6 Å². The first-order chi connectivity index (χ1) is 8.61. The lowest BCUT2D eigenvalue weighted by atomic mass is 10.1. The van der Waals surface area contributed by atoms with Crippen LogP contribution in [-0.2, 0) is 4.74 Å². The number of nitrogen functional groups attached to an aromatic ring is 1. The van der Waals surface area contributed by atoms with E-state index in [-0.39, 0.29) is 11.7 Å². The number of hydrogen-bond donors (Lipinski definition) is 1. The molecule has 0 aromatic heterocycles. The highest BCUT2D eigenvalue weighted by Crippen LogP contribution is 2.35. The van der Waals surface area contributed by atoms with Gasteiger partial charge in [-0.05, 0) is 37.8 Å².